The van der Waals surface area contributed by atoms with Gasteiger partial charge in [-0.05, 0) is 37.1 Å². The van der Waals surface area contributed by atoms with Gasteiger partial charge < -0.3 is 14.5 Å². The van der Waals surface area contributed by atoms with Gasteiger partial charge in [-0.25, -0.2) is 13.6 Å². The van der Waals surface area contributed by atoms with E-state index in [2.05, 4.69) is 16.5 Å². The maximum absolute atomic E-state index is 15.3. The van der Waals surface area contributed by atoms with Crippen LogP contribution in [0.1, 0.15) is 24.4 Å². The van der Waals surface area contributed by atoms with Crippen LogP contribution in [0.3, 0.4) is 0 Å². The lowest BCUT2D eigenvalue weighted by atomic mass is 9.95. The zero-order valence-corrected chi connectivity index (χ0v) is 25.0. The Hall–Kier alpha value is -3.49. The lowest BCUT2D eigenvalue weighted by Crippen LogP contribution is -2.49. The Morgan fingerprint density at radius 2 is 1.93 bits per heavy atom. The lowest BCUT2D eigenvalue weighted by molar-refractivity contribution is -0.137. The van der Waals surface area contributed by atoms with E-state index in [4.69, 9.17) is 4.74 Å². The third-order valence-electron chi connectivity index (χ3n) is 9.24. The summed E-state index contributed by atoms with van der Waals surface area (Å²) < 4.78 is 81.1. The van der Waals surface area contributed by atoms with Crippen LogP contribution in [0.2, 0.25) is 0 Å². The topological polar surface area (TPSA) is 70.9 Å². The molecule has 0 radical (unpaired) electrons. The number of carbonyl (C=O) groups is 1. The van der Waals surface area contributed by atoms with E-state index in [0.717, 1.165) is 36.4 Å². The van der Waals surface area contributed by atoms with E-state index >= 15 is 4.39 Å². The number of alkyl halides is 3. The number of likely N-dealkylation sites (tertiary alicyclic amines) is 1. The van der Waals surface area contributed by atoms with Gasteiger partial charge in [0.15, 0.2) is 0 Å². The minimum atomic E-state index is -4.91. The Morgan fingerprint density at radius 1 is 1.16 bits per heavy atom. The van der Waals surface area contributed by atoms with Gasteiger partial charge in [0.05, 0.1) is 29.8 Å². The molecule has 45 heavy (non-hydrogen) atoms. The second kappa shape index (κ2) is 11.4. The van der Waals surface area contributed by atoms with E-state index in [1.165, 1.54) is 10.6 Å². The van der Waals surface area contributed by atoms with Crippen LogP contribution in [-0.4, -0.2) is 89.0 Å². The second-order valence-corrected chi connectivity index (χ2v) is 12.9. The first-order valence-corrected chi connectivity index (χ1v) is 15.8. The van der Waals surface area contributed by atoms with Crippen molar-refractivity contribution in [2.45, 2.75) is 42.1 Å². The predicted octanol–water partition coefficient (Wildman–Crippen LogP) is 4.71. The molecule has 3 atom stereocenters. The fourth-order valence-electron chi connectivity index (χ4n) is 7.10. The molecule has 3 aromatic rings. The molecule has 1 aromatic heterocycles. The molecule has 1 unspecified atom stereocenters. The Kier molecular flexibility index (Phi) is 7.64. The first-order chi connectivity index (χ1) is 21.5. The third-order valence-corrected chi connectivity index (χ3v) is 10.4. The van der Waals surface area contributed by atoms with Gasteiger partial charge in [0, 0.05) is 78.5 Å². The Bertz CT molecular complexity index is 1760. The quantitative estimate of drug-likeness (QED) is 0.294. The number of thioether (sulfide) groups is 1. The Morgan fingerprint density at radius 3 is 2.58 bits per heavy atom. The SMILES string of the molecule is C=CC(=O)N1CCN(c2nc(=O)n3c4c(c(-c5ccc(F)cc5F)c(C(F)(F)F)cc24)SCCC3CN2C[C@@H]3C[C@H]2CO3)CC1. The number of halogens is 5. The van der Waals surface area contributed by atoms with Crippen LogP contribution in [0.5, 0.6) is 0 Å². The number of hydrogen-bond donors (Lipinski definition) is 0. The van der Waals surface area contributed by atoms with Gasteiger partial charge in [0.1, 0.15) is 17.5 Å². The number of aromatic nitrogens is 2. The molecule has 238 valence electrons. The first-order valence-electron chi connectivity index (χ1n) is 14.8. The summed E-state index contributed by atoms with van der Waals surface area (Å²) in [5, 5.41) is 0.123. The summed E-state index contributed by atoms with van der Waals surface area (Å²) in [6, 6.07) is 3.26. The van der Waals surface area contributed by atoms with Crippen molar-refractivity contribution < 1.29 is 31.5 Å². The molecule has 0 aliphatic carbocycles. The molecular weight excluding hydrogens is 617 g/mol. The van der Waals surface area contributed by atoms with Crippen molar-refractivity contribution in [2.24, 2.45) is 0 Å². The molecule has 2 bridgehead atoms. The smallest absolute Gasteiger partial charge is 0.375 e. The third kappa shape index (κ3) is 5.30. The van der Waals surface area contributed by atoms with Gasteiger partial charge in [0.25, 0.3) is 0 Å². The minimum Gasteiger partial charge on any atom is -0.375 e. The Balaban J connectivity index is 1.46. The number of nitrogens with zero attached hydrogens (tertiary/aromatic N) is 5. The first kappa shape index (κ1) is 30.2. The van der Waals surface area contributed by atoms with Crippen LogP contribution in [0.25, 0.3) is 22.0 Å². The summed E-state index contributed by atoms with van der Waals surface area (Å²) >= 11 is 1.14. The van der Waals surface area contributed by atoms with Crippen molar-refractivity contribution >= 4 is 34.4 Å². The van der Waals surface area contributed by atoms with Crippen LogP contribution in [0.4, 0.5) is 27.8 Å². The van der Waals surface area contributed by atoms with Crippen LogP contribution in [-0.2, 0) is 15.7 Å². The fraction of sp³-hybridized carbons (Fsp3) is 0.452. The molecule has 7 rings (SSSR count). The van der Waals surface area contributed by atoms with E-state index in [-0.39, 0.29) is 65.8 Å². The molecular formula is C31H30F5N5O3S. The van der Waals surface area contributed by atoms with E-state index in [9.17, 15) is 27.2 Å². The molecule has 8 nitrogen and oxygen atoms in total. The second-order valence-electron chi connectivity index (χ2n) is 11.8. The average Bonchev–Trinajstić information content (AvgIpc) is 3.58. The summed E-state index contributed by atoms with van der Waals surface area (Å²) in [7, 11) is 0. The number of benzene rings is 2. The van der Waals surface area contributed by atoms with Crippen LogP contribution >= 0.6 is 11.8 Å². The summed E-state index contributed by atoms with van der Waals surface area (Å²) in [6.45, 7) is 6.32. The number of piperazine rings is 1. The summed E-state index contributed by atoms with van der Waals surface area (Å²) in [6.07, 6.45) is -2.22. The molecule has 4 aliphatic heterocycles. The molecule has 1 amide bonds. The van der Waals surface area contributed by atoms with Crippen molar-refractivity contribution in [1.29, 1.82) is 0 Å². The average molecular weight is 648 g/mol. The summed E-state index contributed by atoms with van der Waals surface area (Å²) in [5.41, 5.74) is -2.26. The molecule has 3 saturated heterocycles. The molecule has 2 aromatic carbocycles. The van der Waals surface area contributed by atoms with Crippen molar-refractivity contribution in [3.63, 3.8) is 0 Å². The van der Waals surface area contributed by atoms with E-state index < -0.39 is 46.2 Å². The van der Waals surface area contributed by atoms with Crippen LogP contribution < -0.4 is 10.6 Å². The number of rotatable bonds is 5. The van der Waals surface area contributed by atoms with Crippen molar-refractivity contribution in [1.82, 2.24) is 19.4 Å². The van der Waals surface area contributed by atoms with E-state index in [1.807, 2.05) is 0 Å². The molecule has 0 saturated carbocycles. The molecule has 0 spiro atoms. The fourth-order valence-corrected chi connectivity index (χ4v) is 8.40. The summed E-state index contributed by atoms with van der Waals surface area (Å²) in [5.74, 6) is -1.85. The number of hydrogen-bond acceptors (Lipinski definition) is 7. The maximum Gasteiger partial charge on any atom is 0.417 e. The lowest BCUT2D eigenvalue weighted by Gasteiger charge is -2.36. The van der Waals surface area contributed by atoms with Gasteiger partial charge in [-0.3, -0.25) is 14.3 Å². The highest BCUT2D eigenvalue weighted by Crippen LogP contribution is 2.50. The van der Waals surface area contributed by atoms with Crippen molar-refractivity contribution in [3.05, 3.63) is 64.6 Å². The zero-order valence-electron chi connectivity index (χ0n) is 24.2. The number of ether oxygens (including phenoxy) is 1. The monoisotopic (exact) mass is 647 g/mol. The predicted molar refractivity (Wildman–Crippen MR) is 159 cm³/mol. The highest BCUT2D eigenvalue weighted by Gasteiger charge is 2.42. The van der Waals surface area contributed by atoms with E-state index in [0.29, 0.717) is 37.9 Å². The molecule has 14 heteroatoms. The number of carbonyl (C=O) groups excluding carboxylic acids is 1. The van der Waals surface area contributed by atoms with Crippen LogP contribution in [0, 0.1) is 11.6 Å². The Labute approximate surface area is 259 Å². The number of fused-ring (bicyclic) bond motifs is 2. The van der Waals surface area contributed by atoms with Gasteiger partial charge in [-0.1, -0.05) is 6.58 Å². The standard InChI is InChI=1S/C31H30F5N5O3S/c1-2-25(42)38-6-8-39(9-7-38)29-22-13-23(31(34,35)36)26(21-4-3-17(32)11-24(21)33)28-27(22)41(30(43)37-29)18(5-10-45-28)14-40-15-20-12-19(40)16-44-20/h2-4,11,13,18-20H,1,5-10,12,14-16H2/t18?,19-,20-/m0/s1. The van der Waals surface area contributed by atoms with Crippen molar-refractivity contribution in [2.75, 3.05) is 56.5 Å². The largest absolute Gasteiger partial charge is 0.417 e. The number of morpholine rings is 1. The minimum absolute atomic E-state index is 0.0877. The zero-order chi connectivity index (χ0) is 31.6. The molecule has 5 heterocycles. The molecule has 4 aliphatic rings. The maximum atomic E-state index is 15.3. The highest BCUT2D eigenvalue weighted by molar-refractivity contribution is 7.99. The molecule has 0 N–H and O–H groups in total. The number of amides is 1. The molecule has 3 fully saturated rings. The normalized spacial score (nSPS) is 23.5. The van der Waals surface area contributed by atoms with Gasteiger partial charge in [0.2, 0.25) is 5.91 Å². The van der Waals surface area contributed by atoms with Gasteiger partial charge in [-0.15, -0.1) is 11.8 Å². The van der Waals surface area contributed by atoms with E-state index in [1.54, 1.807) is 9.80 Å². The number of anilines is 1. The van der Waals surface area contributed by atoms with Gasteiger partial charge in [-0.2, -0.15) is 18.2 Å². The summed E-state index contributed by atoms with van der Waals surface area (Å²) in [4.78, 5) is 36.3. The van der Waals surface area contributed by atoms with Crippen LogP contribution in [0.15, 0.2) is 46.6 Å². The van der Waals surface area contributed by atoms with Crippen molar-refractivity contribution in [3.8, 4) is 11.1 Å². The highest BCUT2D eigenvalue weighted by atomic mass is 32.2. The van der Waals surface area contributed by atoms with Gasteiger partial charge >= 0.3 is 11.9 Å².